The van der Waals surface area contributed by atoms with Gasteiger partial charge in [0.25, 0.3) is 0 Å². The Morgan fingerprint density at radius 3 is 2.48 bits per heavy atom. The normalized spacial score (nSPS) is 36.1. The van der Waals surface area contributed by atoms with Crippen LogP contribution in [-0.4, -0.2) is 77.8 Å². The minimum absolute atomic E-state index is 0.0216. The average molecular weight is 395 g/mol. The van der Waals surface area contributed by atoms with Crippen molar-refractivity contribution in [3.63, 3.8) is 0 Å². The largest absolute Gasteiger partial charge is 0.393 e. The summed E-state index contributed by atoms with van der Waals surface area (Å²) in [5.41, 5.74) is 6.46. The molecule has 2 aliphatic heterocycles. The molecule has 1 amide bonds. The molecule has 25 heavy (non-hydrogen) atoms. The van der Waals surface area contributed by atoms with E-state index in [1.807, 2.05) is 4.90 Å². The smallest absolute Gasteiger partial charge is 0.248 e. The summed E-state index contributed by atoms with van der Waals surface area (Å²) in [5, 5.41) is 10.00. The Morgan fingerprint density at radius 2 is 1.88 bits per heavy atom. The maximum atomic E-state index is 12.2. The molecule has 144 valence electrons. The van der Waals surface area contributed by atoms with Gasteiger partial charge in [-0.25, -0.2) is 0 Å². The molecule has 0 bridgehead atoms. The van der Waals surface area contributed by atoms with E-state index < -0.39 is 6.10 Å². The Balaban J connectivity index is 1.44. The van der Waals surface area contributed by atoms with Crippen molar-refractivity contribution in [2.24, 2.45) is 17.6 Å². The molecule has 2 saturated heterocycles. The van der Waals surface area contributed by atoms with Crippen LogP contribution in [-0.2, 0) is 14.3 Å². The van der Waals surface area contributed by atoms with Gasteiger partial charge in [-0.15, -0.1) is 23.2 Å². The molecular formula is C17H28Cl2N2O4. The molecule has 0 aromatic heterocycles. The zero-order chi connectivity index (χ0) is 18.0. The summed E-state index contributed by atoms with van der Waals surface area (Å²) in [6.45, 7) is 2.66. The second kappa shape index (κ2) is 8.72. The van der Waals surface area contributed by atoms with Gasteiger partial charge in [-0.3, -0.25) is 4.79 Å². The van der Waals surface area contributed by atoms with Gasteiger partial charge >= 0.3 is 0 Å². The van der Waals surface area contributed by atoms with Crippen molar-refractivity contribution in [3.8, 4) is 0 Å². The van der Waals surface area contributed by atoms with E-state index in [2.05, 4.69) is 0 Å². The van der Waals surface area contributed by atoms with Crippen LogP contribution in [0.1, 0.15) is 25.7 Å². The van der Waals surface area contributed by atoms with E-state index in [1.165, 1.54) is 0 Å². The number of nitrogens with zero attached hydrogens (tertiary/aromatic N) is 1. The fourth-order valence-corrected chi connectivity index (χ4v) is 4.60. The minimum atomic E-state index is -0.495. The third-order valence-corrected chi connectivity index (χ3v) is 6.93. The molecule has 0 spiro atoms. The highest BCUT2D eigenvalue weighted by molar-refractivity contribution is 6.30. The van der Waals surface area contributed by atoms with E-state index in [0.717, 1.165) is 12.8 Å². The van der Waals surface area contributed by atoms with Gasteiger partial charge in [-0.05, 0) is 31.6 Å². The number of hydrogen-bond acceptors (Lipinski definition) is 5. The van der Waals surface area contributed by atoms with Crippen molar-refractivity contribution < 1.29 is 19.4 Å². The Morgan fingerprint density at radius 1 is 1.24 bits per heavy atom. The molecule has 3 fully saturated rings. The molecule has 3 rings (SSSR count). The predicted molar refractivity (Wildman–Crippen MR) is 95.9 cm³/mol. The van der Waals surface area contributed by atoms with Crippen molar-refractivity contribution in [2.75, 3.05) is 32.9 Å². The first-order valence-electron chi connectivity index (χ1n) is 9.14. The van der Waals surface area contributed by atoms with Crippen molar-refractivity contribution in [1.29, 1.82) is 0 Å². The van der Waals surface area contributed by atoms with Crippen LogP contribution in [0.4, 0.5) is 0 Å². The molecule has 5 atom stereocenters. The molecule has 8 heteroatoms. The van der Waals surface area contributed by atoms with E-state index in [9.17, 15) is 9.90 Å². The molecule has 0 aromatic rings. The summed E-state index contributed by atoms with van der Waals surface area (Å²) >= 11 is 12.4. The summed E-state index contributed by atoms with van der Waals surface area (Å²) < 4.78 is 10.5. The number of carbonyl (C=O) groups excluding carboxylic acids is 1. The number of likely N-dealkylation sites (tertiary alicyclic amines) is 1. The van der Waals surface area contributed by atoms with Crippen LogP contribution in [0, 0.1) is 11.8 Å². The van der Waals surface area contributed by atoms with Crippen LogP contribution < -0.4 is 5.73 Å². The van der Waals surface area contributed by atoms with Crippen LogP contribution >= 0.6 is 23.2 Å². The van der Waals surface area contributed by atoms with Gasteiger partial charge in [-0.2, -0.15) is 0 Å². The highest BCUT2D eigenvalue weighted by atomic mass is 35.5. The highest BCUT2D eigenvalue weighted by Gasteiger charge is 2.40. The molecular weight excluding hydrogens is 367 g/mol. The van der Waals surface area contributed by atoms with Crippen LogP contribution in [0.3, 0.4) is 0 Å². The van der Waals surface area contributed by atoms with Crippen LogP contribution in [0.5, 0.6) is 0 Å². The third-order valence-electron chi connectivity index (χ3n) is 5.83. The first-order chi connectivity index (χ1) is 12.0. The fourth-order valence-electron chi connectivity index (χ4n) is 4.01. The van der Waals surface area contributed by atoms with Gasteiger partial charge in [0.15, 0.2) is 0 Å². The maximum absolute atomic E-state index is 12.2. The quantitative estimate of drug-likeness (QED) is 0.678. The maximum Gasteiger partial charge on any atom is 0.248 e. The lowest BCUT2D eigenvalue weighted by Gasteiger charge is -2.42. The Hall–Kier alpha value is -0.110. The summed E-state index contributed by atoms with van der Waals surface area (Å²) in [5.74, 6) is 0.300. The van der Waals surface area contributed by atoms with Gasteiger partial charge in [0.2, 0.25) is 5.91 Å². The Labute approximate surface area is 158 Å². The predicted octanol–water partition coefficient (Wildman–Crippen LogP) is 0.953. The minimum Gasteiger partial charge on any atom is -0.393 e. The SMILES string of the molecule is N[C@H](C1CCN(C(=O)COC2COC2)CC1)C1CC(Cl)C(Cl)CC1O. The van der Waals surface area contributed by atoms with Gasteiger partial charge in [0.1, 0.15) is 12.7 Å². The molecule has 4 unspecified atom stereocenters. The summed E-state index contributed by atoms with van der Waals surface area (Å²) in [6.07, 6.45) is 2.41. The molecule has 6 nitrogen and oxygen atoms in total. The monoisotopic (exact) mass is 394 g/mol. The number of carbonyl (C=O) groups is 1. The summed E-state index contributed by atoms with van der Waals surface area (Å²) in [7, 11) is 0. The van der Waals surface area contributed by atoms with E-state index in [1.54, 1.807) is 0 Å². The fraction of sp³-hybridized carbons (Fsp3) is 0.941. The lowest BCUT2D eigenvalue weighted by molar-refractivity contribution is -0.156. The number of halogens is 2. The molecule has 1 saturated carbocycles. The number of hydrogen-bond donors (Lipinski definition) is 2. The van der Waals surface area contributed by atoms with Gasteiger partial charge in [-0.1, -0.05) is 0 Å². The number of nitrogens with two attached hydrogens (primary N) is 1. The molecule has 0 aromatic carbocycles. The third kappa shape index (κ3) is 4.79. The molecule has 2 heterocycles. The standard InChI is InChI=1S/C17H28Cl2N2O4/c18-13-5-12(15(22)6-14(13)19)17(20)10-1-3-21(4-2-10)16(23)9-25-11-7-24-8-11/h10-15,17,22H,1-9,20H2/t12?,13?,14?,15?,17-/m1/s1. The number of piperidine rings is 1. The lowest BCUT2D eigenvalue weighted by Crippen LogP contribution is -2.52. The van der Waals surface area contributed by atoms with Crippen LogP contribution in [0.2, 0.25) is 0 Å². The first kappa shape index (κ1) is 19.6. The zero-order valence-electron chi connectivity index (χ0n) is 14.4. The summed E-state index contributed by atoms with van der Waals surface area (Å²) in [4.78, 5) is 14.1. The second-order valence-corrected chi connectivity index (χ2v) is 8.62. The van der Waals surface area contributed by atoms with Crippen molar-refractivity contribution in [1.82, 2.24) is 4.90 Å². The van der Waals surface area contributed by atoms with Crippen molar-refractivity contribution in [3.05, 3.63) is 0 Å². The Kier molecular flexibility index (Phi) is 6.85. The first-order valence-corrected chi connectivity index (χ1v) is 10.0. The zero-order valence-corrected chi connectivity index (χ0v) is 15.9. The van der Waals surface area contributed by atoms with E-state index in [-0.39, 0.29) is 41.3 Å². The Bertz CT molecular complexity index is 458. The van der Waals surface area contributed by atoms with Gasteiger partial charge in [0.05, 0.1) is 30.1 Å². The van der Waals surface area contributed by atoms with E-state index in [4.69, 9.17) is 38.4 Å². The average Bonchev–Trinajstić information content (AvgIpc) is 2.56. The highest BCUT2D eigenvalue weighted by Crippen LogP contribution is 2.36. The lowest BCUT2D eigenvalue weighted by atomic mass is 9.74. The molecule has 1 aliphatic carbocycles. The number of rotatable bonds is 5. The second-order valence-electron chi connectivity index (χ2n) is 7.50. The number of aliphatic hydroxyl groups is 1. The topological polar surface area (TPSA) is 85.0 Å². The number of ether oxygens (including phenoxy) is 2. The summed E-state index contributed by atoms with van der Waals surface area (Å²) in [6, 6.07) is -0.110. The molecule has 0 radical (unpaired) electrons. The van der Waals surface area contributed by atoms with Crippen molar-refractivity contribution >= 4 is 29.1 Å². The van der Waals surface area contributed by atoms with Gasteiger partial charge < -0.3 is 25.2 Å². The van der Waals surface area contributed by atoms with Crippen molar-refractivity contribution in [2.45, 2.75) is 54.7 Å². The van der Waals surface area contributed by atoms with E-state index in [0.29, 0.717) is 45.1 Å². The molecule has 3 N–H and O–H groups in total. The van der Waals surface area contributed by atoms with Crippen LogP contribution in [0.15, 0.2) is 0 Å². The number of alkyl halides is 2. The van der Waals surface area contributed by atoms with Gasteiger partial charge in [0, 0.05) is 25.0 Å². The number of amides is 1. The van der Waals surface area contributed by atoms with E-state index >= 15 is 0 Å². The molecule has 3 aliphatic rings. The number of aliphatic hydroxyl groups excluding tert-OH is 1. The van der Waals surface area contributed by atoms with Crippen LogP contribution in [0.25, 0.3) is 0 Å².